The van der Waals surface area contributed by atoms with Crippen LogP contribution in [0.15, 0.2) is 23.1 Å². The van der Waals surface area contributed by atoms with Crippen molar-refractivity contribution in [3.63, 3.8) is 0 Å². The quantitative estimate of drug-likeness (QED) is 0.802. The first-order valence-corrected chi connectivity index (χ1v) is 9.65. The van der Waals surface area contributed by atoms with Crippen LogP contribution in [0.4, 0.5) is 5.69 Å². The number of hydrogen-bond donors (Lipinski definition) is 0. The zero-order chi connectivity index (χ0) is 17.3. The molecule has 0 unspecified atom stereocenters. The third kappa shape index (κ3) is 3.13. The minimum atomic E-state index is -3.54. The van der Waals surface area contributed by atoms with Crippen molar-refractivity contribution in [3.8, 4) is 5.75 Å². The van der Waals surface area contributed by atoms with Gasteiger partial charge in [0, 0.05) is 39.2 Å². The van der Waals surface area contributed by atoms with Crippen molar-refractivity contribution in [1.82, 2.24) is 9.21 Å². The van der Waals surface area contributed by atoms with Crippen molar-refractivity contribution >= 4 is 21.6 Å². The Hall–Kier alpha value is -1.64. The number of anilines is 1. The van der Waals surface area contributed by atoms with Gasteiger partial charge in [-0.3, -0.25) is 4.79 Å². The van der Waals surface area contributed by atoms with E-state index in [1.807, 2.05) is 0 Å². The fourth-order valence-electron chi connectivity index (χ4n) is 3.12. The Morgan fingerprint density at radius 3 is 2.50 bits per heavy atom. The summed E-state index contributed by atoms with van der Waals surface area (Å²) in [4.78, 5) is 15.7. The highest BCUT2D eigenvalue weighted by Gasteiger charge is 2.30. The Morgan fingerprint density at radius 2 is 1.88 bits per heavy atom. The fraction of sp³-hybridized carbons (Fsp3) is 0.562. The lowest BCUT2D eigenvalue weighted by Gasteiger charge is -2.33. The number of nitrogens with zero attached hydrogens (tertiary/aromatic N) is 3. The van der Waals surface area contributed by atoms with E-state index in [0.717, 1.165) is 19.6 Å². The second kappa shape index (κ2) is 6.70. The van der Waals surface area contributed by atoms with Crippen molar-refractivity contribution in [2.24, 2.45) is 0 Å². The second-order valence-corrected chi connectivity index (χ2v) is 7.92. The monoisotopic (exact) mass is 353 g/mol. The van der Waals surface area contributed by atoms with Gasteiger partial charge in [0.05, 0.1) is 17.1 Å². The topological polar surface area (TPSA) is 70.2 Å². The summed E-state index contributed by atoms with van der Waals surface area (Å²) in [6, 6.07) is 4.75. The molecule has 132 valence electrons. The molecule has 0 atom stereocenters. The number of rotatable bonds is 3. The molecule has 0 aliphatic carbocycles. The number of carbonyl (C=O) groups excluding carboxylic acids is 1. The van der Waals surface area contributed by atoms with E-state index in [0.29, 0.717) is 37.7 Å². The van der Waals surface area contributed by atoms with Gasteiger partial charge >= 0.3 is 0 Å². The van der Waals surface area contributed by atoms with Crippen molar-refractivity contribution in [1.29, 1.82) is 0 Å². The van der Waals surface area contributed by atoms with Crippen LogP contribution >= 0.6 is 0 Å². The number of carbonyl (C=O) groups is 1. The van der Waals surface area contributed by atoms with Crippen molar-refractivity contribution < 1.29 is 17.9 Å². The first-order chi connectivity index (χ1) is 11.4. The molecule has 1 saturated heterocycles. The van der Waals surface area contributed by atoms with Gasteiger partial charge in [-0.2, -0.15) is 4.31 Å². The van der Waals surface area contributed by atoms with Crippen molar-refractivity contribution in [2.75, 3.05) is 50.8 Å². The first kappa shape index (κ1) is 17.2. The predicted octanol–water partition coefficient (Wildman–Crippen LogP) is 0.758. The normalized spacial score (nSPS) is 19.7. The maximum absolute atomic E-state index is 12.9. The molecule has 8 heteroatoms. The van der Waals surface area contributed by atoms with Gasteiger partial charge in [0.15, 0.2) is 0 Å². The van der Waals surface area contributed by atoms with E-state index in [9.17, 15) is 13.2 Å². The zero-order valence-corrected chi connectivity index (χ0v) is 14.9. The van der Waals surface area contributed by atoms with Gasteiger partial charge in [-0.1, -0.05) is 6.92 Å². The van der Waals surface area contributed by atoms with E-state index in [2.05, 4.69) is 11.8 Å². The molecule has 0 bridgehead atoms. The Morgan fingerprint density at radius 1 is 1.17 bits per heavy atom. The van der Waals surface area contributed by atoms with Crippen LogP contribution < -0.4 is 9.64 Å². The van der Waals surface area contributed by atoms with E-state index in [1.165, 1.54) is 17.3 Å². The highest BCUT2D eigenvalue weighted by Crippen LogP contribution is 2.34. The standard InChI is InChI=1S/C16H23N3O4S/c1-3-17-6-8-18(9-7-17)24(21,22)14-4-5-15-16(12-14)23-11-10-19(15)13(2)20/h4-5,12H,3,6-11H2,1-2H3. The molecule has 1 amide bonds. The number of sulfonamides is 1. The summed E-state index contributed by atoms with van der Waals surface area (Å²) >= 11 is 0. The van der Waals surface area contributed by atoms with Gasteiger partial charge in [0.1, 0.15) is 12.4 Å². The third-order valence-electron chi connectivity index (χ3n) is 4.59. The maximum atomic E-state index is 12.9. The molecule has 7 nitrogen and oxygen atoms in total. The number of fused-ring (bicyclic) bond motifs is 1. The minimum Gasteiger partial charge on any atom is -0.489 e. The van der Waals surface area contributed by atoms with Crippen LogP contribution in [0.25, 0.3) is 0 Å². The molecule has 0 aromatic heterocycles. The van der Waals surface area contributed by atoms with E-state index >= 15 is 0 Å². The molecule has 2 aliphatic rings. The molecule has 1 aromatic carbocycles. The van der Waals surface area contributed by atoms with Crippen molar-refractivity contribution in [3.05, 3.63) is 18.2 Å². The SMILES string of the molecule is CCN1CCN(S(=O)(=O)c2ccc3c(c2)OCCN3C(C)=O)CC1. The average Bonchev–Trinajstić information content (AvgIpc) is 2.60. The van der Waals surface area contributed by atoms with E-state index in [-0.39, 0.29) is 10.8 Å². The number of ether oxygens (including phenoxy) is 1. The zero-order valence-electron chi connectivity index (χ0n) is 14.1. The van der Waals surface area contributed by atoms with E-state index < -0.39 is 10.0 Å². The van der Waals surface area contributed by atoms with Gasteiger partial charge in [0.25, 0.3) is 0 Å². The number of hydrogen-bond acceptors (Lipinski definition) is 5. The largest absolute Gasteiger partial charge is 0.489 e. The molecule has 1 aromatic rings. The second-order valence-electron chi connectivity index (χ2n) is 5.99. The van der Waals surface area contributed by atoms with Crippen LogP contribution in [-0.4, -0.2) is 69.4 Å². The number of piperazine rings is 1. The molecular formula is C16H23N3O4S. The molecular weight excluding hydrogens is 330 g/mol. The van der Waals surface area contributed by atoms with Crippen molar-refractivity contribution in [2.45, 2.75) is 18.7 Å². The number of likely N-dealkylation sites (N-methyl/N-ethyl adjacent to an activating group) is 1. The molecule has 24 heavy (non-hydrogen) atoms. The van der Waals surface area contributed by atoms with E-state index in [4.69, 9.17) is 4.74 Å². The Kier molecular flexibility index (Phi) is 4.80. The van der Waals surface area contributed by atoms with Crippen LogP contribution in [0.3, 0.4) is 0 Å². The predicted molar refractivity (Wildman–Crippen MR) is 90.8 cm³/mol. The lowest BCUT2D eigenvalue weighted by molar-refractivity contribution is -0.116. The van der Waals surface area contributed by atoms with E-state index in [1.54, 1.807) is 17.0 Å². The number of amides is 1. The lowest BCUT2D eigenvalue weighted by atomic mass is 10.2. The Bertz CT molecular complexity index is 727. The van der Waals surface area contributed by atoms with Crippen LogP contribution in [0, 0.1) is 0 Å². The smallest absolute Gasteiger partial charge is 0.243 e. The maximum Gasteiger partial charge on any atom is 0.243 e. The summed E-state index contributed by atoms with van der Waals surface area (Å²) in [5.74, 6) is 0.371. The first-order valence-electron chi connectivity index (χ1n) is 8.21. The summed E-state index contributed by atoms with van der Waals surface area (Å²) < 4.78 is 32.8. The van der Waals surface area contributed by atoms with Crippen LogP contribution in [0.5, 0.6) is 5.75 Å². The van der Waals surface area contributed by atoms with Gasteiger partial charge in [-0.05, 0) is 18.7 Å². The molecule has 2 aliphatic heterocycles. The minimum absolute atomic E-state index is 0.0779. The molecule has 0 saturated carbocycles. The van der Waals surface area contributed by atoms with Gasteiger partial charge in [0.2, 0.25) is 15.9 Å². The summed E-state index contributed by atoms with van der Waals surface area (Å²) in [6.07, 6.45) is 0. The van der Waals surface area contributed by atoms with Gasteiger partial charge in [-0.15, -0.1) is 0 Å². The molecule has 0 N–H and O–H groups in total. The Labute approximate surface area is 142 Å². The fourth-order valence-corrected chi connectivity index (χ4v) is 4.56. The summed E-state index contributed by atoms with van der Waals surface area (Å²) in [7, 11) is -3.54. The van der Waals surface area contributed by atoms with Gasteiger partial charge in [-0.25, -0.2) is 8.42 Å². The van der Waals surface area contributed by atoms with Gasteiger partial charge < -0.3 is 14.5 Å². The Balaban J connectivity index is 1.86. The van der Waals surface area contributed by atoms with Crippen LogP contribution in [0.1, 0.15) is 13.8 Å². The molecule has 0 spiro atoms. The highest BCUT2D eigenvalue weighted by molar-refractivity contribution is 7.89. The highest BCUT2D eigenvalue weighted by atomic mass is 32.2. The summed E-state index contributed by atoms with van der Waals surface area (Å²) in [6.45, 7) is 7.82. The molecule has 1 fully saturated rings. The molecule has 2 heterocycles. The lowest BCUT2D eigenvalue weighted by Crippen LogP contribution is -2.48. The van der Waals surface area contributed by atoms with Crippen LogP contribution in [0.2, 0.25) is 0 Å². The molecule has 0 radical (unpaired) electrons. The number of benzene rings is 1. The summed E-state index contributed by atoms with van der Waals surface area (Å²) in [5.41, 5.74) is 0.628. The van der Waals surface area contributed by atoms with Crippen LogP contribution in [-0.2, 0) is 14.8 Å². The molecule has 3 rings (SSSR count). The summed E-state index contributed by atoms with van der Waals surface area (Å²) in [5, 5.41) is 0. The average molecular weight is 353 g/mol. The third-order valence-corrected chi connectivity index (χ3v) is 6.49.